The van der Waals surface area contributed by atoms with Gasteiger partial charge in [-0.1, -0.05) is 0 Å². The van der Waals surface area contributed by atoms with Crippen LogP contribution in [0.25, 0.3) is 0 Å². The Morgan fingerprint density at radius 3 is 0.833 bits per heavy atom. The summed E-state index contributed by atoms with van der Waals surface area (Å²) < 4.78 is 0. The van der Waals surface area contributed by atoms with Gasteiger partial charge in [-0.25, -0.2) is 0 Å². The van der Waals surface area contributed by atoms with Gasteiger partial charge in [0.25, 0.3) is 0 Å². The molecule has 6 heavy (non-hydrogen) atoms. The van der Waals surface area contributed by atoms with E-state index in [1.165, 1.54) is 0 Å². The van der Waals surface area contributed by atoms with Gasteiger partial charge in [0, 0.05) is 0 Å². The Morgan fingerprint density at radius 2 is 0.833 bits per heavy atom. The molecule has 0 fully saturated rings. The van der Waals surface area contributed by atoms with Crippen LogP contribution in [0.3, 0.4) is 0 Å². The molecule has 0 saturated heterocycles. The summed E-state index contributed by atoms with van der Waals surface area (Å²) in [5, 5.41) is 0. The molecule has 0 aromatic heterocycles. The van der Waals surface area contributed by atoms with Crippen molar-refractivity contribution in [1.29, 1.82) is 0 Å². The summed E-state index contributed by atoms with van der Waals surface area (Å²) in [6.45, 7) is 0. The number of hydrogen-bond donors (Lipinski definition) is 0. The van der Waals surface area contributed by atoms with Gasteiger partial charge in [-0.15, -0.1) is 0 Å². The molecule has 0 aliphatic heterocycles. The normalized spacial score (nSPS) is 10.0. The zero-order valence-electron chi connectivity index (χ0n) is 2.54. The van der Waals surface area contributed by atoms with Crippen molar-refractivity contribution < 1.29 is 19.2 Å². The van der Waals surface area contributed by atoms with Gasteiger partial charge in [0.15, 0.2) is 0 Å². The van der Waals surface area contributed by atoms with Crippen LogP contribution in [-0.4, -0.2) is 9.05 Å². The van der Waals surface area contributed by atoms with E-state index in [9.17, 15) is 0 Å². The minimum atomic E-state index is -5.61. The van der Waals surface area contributed by atoms with Crippen LogP contribution in [0, 0.1) is 0 Å². The maximum Gasteiger partial charge on any atom is 4.00 e. The Hall–Kier alpha value is 0.407. The van der Waals surface area contributed by atoms with Gasteiger partial charge in [-0.3, -0.25) is 0 Å². The standard InChI is InChI=1S/O4Si.S/c1-5(2,3)4;/q-4;+4. The first-order valence-electron chi connectivity index (χ1n) is 0.816. The first-order valence-corrected chi connectivity index (χ1v) is 2.45. The number of hydrogen-bond acceptors (Lipinski definition) is 4. The Balaban J connectivity index is 0. The summed E-state index contributed by atoms with van der Waals surface area (Å²) in [6, 6.07) is 0. The summed E-state index contributed by atoms with van der Waals surface area (Å²) in [5.41, 5.74) is 0. The molecule has 0 aliphatic carbocycles. The van der Waals surface area contributed by atoms with Crippen molar-refractivity contribution in [2.45, 2.75) is 0 Å². The molecule has 0 bridgehead atoms. The molecule has 6 heteroatoms. The smallest absolute Gasteiger partial charge is 0.894 e. The summed E-state index contributed by atoms with van der Waals surface area (Å²) in [5.74, 6) is 0. The van der Waals surface area contributed by atoms with Crippen molar-refractivity contribution in [3.63, 3.8) is 0 Å². The molecule has 0 atom stereocenters. The van der Waals surface area contributed by atoms with E-state index in [0.29, 0.717) is 0 Å². The van der Waals surface area contributed by atoms with E-state index in [1.807, 2.05) is 0 Å². The first kappa shape index (κ1) is 9.64. The van der Waals surface area contributed by atoms with E-state index in [2.05, 4.69) is 0 Å². The fourth-order valence-corrected chi connectivity index (χ4v) is 0. The van der Waals surface area contributed by atoms with Gasteiger partial charge in [0.2, 0.25) is 0 Å². The molecule has 0 aromatic rings. The SMILES string of the molecule is [O-][Si]([O-])([O-])[O-].[S+4]. The van der Waals surface area contributed by atoms with E-state index in [-0.39, 0.29) is 13.5 Å². The van der Waals surface area contributed by atoms with Crippen LogP contribution < -0.4 is 19.2 Å². The summed E-state index contributed by atoms with van der Waals surface area (Å²) in [6.07, 6.45) is 0. The summed E-state index contributed by atoms with van der Waals surface area (Å²) in [4.78, 5) is 34.3. The largest absolute Gasteiger partial charge is 4.00 e. The molecule has 0 spiro atoms. The van der Waals surface area contributed by atoms with Crippen LogP contribution in [0.15, 0.2) is 0 Å². The van der Waals surface area contributed by atoms with E-state index in [1.54, 1.807) is 0 Å². The third kappa shape index (κ3) is 309. The Morgan fingerprint density at radius 1 is 0.833 bits per heavy atom. The van der Waals surface area contributed by atoms with E-state index < -0.39 is 9.05 Å². The average Bonchev–Trinajstić information content (AvgIpc) is 0.722. The van der Waals surface area contributed by atoms with Gasteiger partial charge in [0.1, 0.15) is 0 Å². The van der Waals surface area contributed by atoms with Gasteiger partial charge in [0.05, 0.1) is 0 Å². The van der Waals surface area contributed by atoms with Gasteiger partial charge >= 0.3 is 13.5 Å². The van der Waals surface area contributed by atoms with Crippen LogP contribution in [-0.2, 0) is 0 Å². The molecule has 4 nitrogen and oxygen atoms in total. The zero-order valence-corrected chi connectivity index (χ0v) is 4.36. The molecule has 0 saturated carbocycles. The maximum absolute atomic E-state index is 8.58. The molecule has 0 aliphatic rings. The third-order valence-electron chi connectivity index (χ3n) is 0. The van der Waals surface area contributed by atoms with Crippen molar-refractivity contribution in [2.24, 2.45) is 0 Å². The van der Waals surface area contributed by atoms with Crippen molar-refractivity contribution in [2.75, 3.05) is 0 Å². The second-order valence-electron chi connectivity index (χ2n) is 0.500. The quantitative estimate of drug-likeness (QED) is 0.304. The van der Waals surface area contributed by atoms with Crippen LogP contribution in [0.1, 0.15) is 0 Å². The van der Waals surface area contributed by atoms with Crippen LogP contribution in [0.4, 0.5) is 0 Å². The first-order chi connectivity index (χ1) is 2.00. The molecule has 0 unspecified atom stereocenters. The molecule has 0 aromatic carbocycles. The molecule has 0 N–H and O–H groups in total. The molecular weight excluding hydrogens is 124 g/mol. The second-order valence-corrected chi connectivity index (χ2v) is 1.50. The summed E-state index contributed by atoms with van der Waals surface area (Å²) >= 11 is 0. The van der Waals surface area contributed by atoms with Gasteiger partial charge in [-0.2, -0.15) is 0 Å². The molecule has 0 heterocycles. The van der Waals surface area contributed by atoms with Crippen molar-refractivity contribution >= 4 is 22.5 Å². The molecule has 2 radical (unpaired) electrons. The third-order valence-corrected chi connectivity index (χ3v) is 0. The molecular formula is O4SSi. The summed E-state index contributed by atoms with van der Waals surface area (Å²) in [7, 11) is -5.61. The topological polar surface area (TPSA) is 92.2 Å². The fraction of sp³-hybridized carbons (Fsp3) is 0. The predicted molar refractivity (Wildman–Crippen MR) is 13.3 cm³/mol. The van der Waals surface area contributed by atoms with Crippen molar-refractivity contribution in [1.82, 2.24) is 0 Å². The molecule has 34 valence electrons. The van der Waals surface area contributed by atoms with Crippen molar-refractivity contribution in [3.05, 3.63) is 0 Å². The van der Waals surface area contributed by atoms with Crippen LogP contribution in [0.5, 0.6) is 0 Å². The van der Waals surface area contributed by atoms with Crippen LogP contribution in [0.2, 0.25) is 0 Å². The fourth-order valence-electron chi connectivity index (χ4n) is 0. The maximum atomic E-state index is 8.58. The Labute approximate surface area is 42.6 Å². The zero-order chi connectivity index (χ0) is 4.50. The van der Waals surface area contributed by atoms with E-state index >= 15 is 0 Å². The van der Waals surface area contributed by atoms with Gasteiger partial charge in [-0.05, 0) is 0 Å². The van der Waals surface area contributed by atoms with Crippen LogP contribution >= 0.6 is 13.5 Å². The molecule has 0 amide bonds. The van der Waals surface area contributed by atoms with Crippen molar-refractivity contribution in [3.8, 4) is 0 Å². The minimum Gasteiger partial charge on any atom is -0.894 e. The average molecular weight is 124 g/mol. The number of rotatable bonds is 0. The predicted octanol–water partition coefficient (Wildman–Crippen LogP) is -4.49. The Kier molecular flexibility index (Phi) is 4.11. The van der Waals surface area contributed by atoms with E-state index in [4.69, 9.17) is 19.2 Å². The second kappa shape index (κ2) is 2.56. The monoisotopic (exact) mass is 124 g/mol. The van der Waals surface area contributed by atoms with E-state index in [0.717, 1.165) is 0 Å². The van der Waals surface area contributed by atoms with Gasteiger partial charge < -0.3 is 28.2 Å². The Bertz CT molecular complexity index is 23.0. The minimum absolute atomic E-state index is 0. The molecule has 0 rings (SSSR count).